The number of hydroxylamine groups is 2. The molecule has 1 aliphatic heterocycles. The minimum absolute atomic E-state index is 0.135. The van der Waals surface area contributed by atoms with Crippen molar-refractivity contribution in [1.29, 1.82) is 0 Å². The molecule has 0 spiro atoms. The maximum atomic E-state index is 11.3. The standard InChI is InChI=1S/C22H19NO2/c24-14-17-7-5-11-23(17)25-21-13-16-12-15-6-1-2-8-18(15)22(16)20-10-4-3-9-19(20)21/h1-4,6,8-10,13-14,17H,5,7,11-12H2/t17-/m0/s1. The second kappa shape index (κ2) is 5.71. The van der Waals surface area contributed by atoms with Crippen LogP contribution in [0.1, 0.15) is 24.0 Å². The monoisotopic (exact) mass is 329 g/mol. The third kappa shape index (κ3) is 2.27. The summed E-state index contributed by atoms with van der Waals surface area (Å²) in [5.74, 6) is 0.857. The van der Waals surface area contributed by atoms with Crippen LogP contribution < -0.4 is 4.84 Å². The maximum absolute atomic E-state index is 11.3. The Morgan fingerprint density at radius 3 is 2.68 bits per heavy atom. The number of fused-ring (bicyclic) bond motifs is 5. The van der Waals surface area contributed by atoms with Gasteiger partial charge in [0, 0.05) is 11.9 Å². The summed E-state index contributed by atoms with van der Waals surface area (Å²) in [6.45, 7) is 0.801. The number of carbonyl (C=O) groups is 1. The number of aldehydes is 1. The molecule has 25 heavy (non-hydrogen) atoms. The molecular weight excluding hydrogens is 310 g/mol. The van der Waals surface area contributed by atoms with Crippen LogP contribution in [0.5, 0.6) is 5.75 Å². The van der Waals surface area contributed by atoms with Crippen molar-refractivity contribution in [3.8, 4) is 16.9 Å². The number of rotatable bonds is 3. The van der Waals surface area contributed by atoms with E-state index in [0.717, 1.165) is 43.2 Å². The van der Waals surface area contributed by atoms with Crippen molar-refractivity contribution < 1.29 is 9.63 Å². The van der Waals surface area contributed by atoms with Crippen LogP contribution in [0.2, 0.25) is 0 Å². The first kappa shape index (κ1) is 14.7. The Bertz CT molecular complexity index is 979. The summed E-state index contributed by atoms with van der Waals surface area (Å²) in [4.78, 5) is 17.5. The van der Waals surface area contributed by atoms with Gasteiger partial charge >= 0.3 is 0 Å². The molecule has 1 aliphatic carbocycles. The van der Waals surface area contributed by atoms with Crippen LogP contribution in [0.4, 0.5) is 0 Å². The Kier molecular flexibility index (Phi) is 3.35. The number of benzene rings is 3. The van der Waals surface area contributed by atoms with Gasteiger partial charge in [0.25, 0.3) is 0 Å². The van der Waals surface area contributed by atoms with Crippen LogP contribution in [0.25, 0.3) is 21.9 Å². The Hall–Kier alpha value is -2.65. The first-order valence-corrected chi connectivity index (χ1v) is 8.88. The predicted molar refractivity (Wildman–Crippen MR) is 98.6 cm³/mol. The van der Waals surface area contributed by atoms with Crippen molar-refractivity contribution in [3.05, 3.63) is 65.7 Å². The van der Waals surface area contributed by atoms with Crippen LogP contribution in [-0.4, -0.2) is 23.9 Å². The average Bonchev–Trinajstić information content (AvgIpc) is 3.25. The van der Waals surface area contributed by atoms with E-state index in [1.807, 2.05) is 11.1 Å². The highest BCUT2D eigenvalue weighted by Gasteiger charge is 2.28. The lowest BCUT2D eigenvalue weighted by atomic mass is 9.97. The van der Waals surface area contributed by atoms with Gasteiger partial charge in [-0.15, -0.1) is 5.06 Å². The molecular formula is C22H19NO2. The van der Waals surface area contributed by atoms with Crippen molar-refractivity contribution in [2.24, 2.45) is 0 Å². The maximum Gasteiger partial charge on any atom is 0.155 e. The van der Waals surface area contributed by atoms with Crippen molar-refractivity contribution in [2.45, 2.75) is 25.3 Å². The van der Waals surface area contributed by atoms with Crippen LogP contribution >= 0.6 is 0 Å². The topological polar surface area (TPSA) is 29.5 Å². The number of carbonyl (C=O) groups excluding carboxylic acids is 1. The fourth-order valence-corrected chi connectivity index (χ4v) is 4.20. The summed E-state index contributed by atoms with van der Waals surface area (Å²) in [6.07, 6.45) is 3.80. The Morgan fingerprint density at radius 1 is 1.00 bits per heavy atom. The molecule has 0 unspecified atom stereocenters. The molecule has 124 valence electrons. The molecule has 5 rings (SSSR count). The van der Waals surface area contributed by atoms with Crippen molar-refractivity contribution in [2.75, 3.05) is 6.54 Å². The summed E-state index contributed by atoms with van der Waals surface area (Å²) in [7, 11) is 0. The van der Waals surface area contributed by atoms with Gasteiger partial charge in [-0.25, -0.2) is 0 Å². The summed E-state index contributed by atoms with van der Waals surface area (Å²) in [6, 6.07) is 19.0. The molecule has 3 heteroatoms. The summed E-state index contributed by atoms with van der Waals surface area (Å²) in [5, 5.41) is 4.17. The SMILES string of the molecule is O=C[C@@H]1CCCN1Oc1cc2c(c3ccccc13)-c1ccccc1C2. The summed E-state index contributed by atoms with van der Waals surface area (Å²) in [5.41, 5.74) is 5.32. The molecule has 3 aromatic carbocycles. The normalized spacial score (nSPS) is 19.0. The molecule has 0 amide bonds. The Morgan fingerprint density at radius 2 is 1.80 bits per heavy atom. The molecule has 1 saturated heterocycles. The van der Waals surface area contributed by atoms with Crippen molar-refractivity contribution in [3.63, 3.8) is 0 Å². The van der Waals surface area contributed by atoms with Gasteiger partial charge in [0.2, 0.25) is 0 Å². The van der Waals surface area contributed by atoms with Gasteiger partial charge in [0.15, 0.2) is 5.75 Å². The van der Waals surface area contributed by atoms with Crippen LogP contribution in [0.3, 0.4) is 0 Å². The zero-order valence-corrected chi connectivity index (χ0v) is 13.9. The van der Waals surface area contributed by atoms with Crippen molar-refractivity contribution in [1.82, 2.24) is 5.06 Å². The van der Waals surface area contributed by atoms with E-state index in [-0.39, 0.29) is 6.04 Å². The minimum Gasteiger partial charge on any atom is -0.405 e. The van der Waals surface area contributed by atoms with E-state index in [4.69, 9.17) is 4.84 Å². The summed E-state index contributed by atoms with van der Waals surface area (Å²) >= 11 is 0. The Labute approximate surface area is 146 Å². The third-order valence-corrected chi connectivity index (χ3v) is 5.38. The lowest BCUT2D eigenvalue weighted by Crippen LogP contribution is -2.33. The molecule has 0 radical (unpaired) electrons. The van der Waals surface area contributed by atoms with E-state index >= 15 is 0 Å². The third-order valence-electron chi connectivity index (χ3n) is 5.38. The highest BCUT2D eigenvalue weighted by Crippen LogP contribution is 2.44. The van der Waals surface area contributed by atoms with E-state index in [1.165, 1.54) is 27.6 Å². The first-order chi connectivity index (χ1) is 12.3. The van der Waals surface area contributed by atoms with E-state index in [0.29, 0.717) is 0 Å². The van der Waals surface area contributed by atoms with Gasteiger partial charge in [-0.2, -0.15) is 0 Å². The van der Waals surface area contributed by atoms with E-state index in [2.05, 4.69) is 48.5 Å². The molecule has 1 atom stereocenters. The first-order valence-electron chi connectivity index (χ1n) is 8.88. The van der Waals surface area contributed by atoms with E-state index in [1.54, 1.807) is 0 Å². The fraction of sp³-hybridized carbons (Fsp3) is 0.227. The largest absolute Gasteiger partial charge is 0.405 e. The lowest BCUT2D eigenvalue weighted by molar-refractivity contribution is -0.124. The van der Waals surface area contributed by atoms with Crippen LogP contribution in [0.15, 0.2) is 54.6 Å². The van der Waals surface area contributed by atoms with Gasteiger partial charge in [0.1, 0.15) is 12.3 Å². The number of hydrogen-bond donors (Lipinski definition) is 0. The van der Waals surface area contributed by atoms with Crippen LogP contribution in [0, 0.1) is 0 Å². The van der Waals surface area contributed by atoms with Gasteiger partial charge in [-0.05, 0) is 53.0 Å². The molecule has 0 bridgehead atoms. The highest BCUT2D eigenvalue weighted by atomic mass is 16.7. The van der Waals surface area contributed by atoms with Crippen LogP contribution in [-0.2, 0) is 11.2 Å². The zero-order valence-electron chi connectivity index (χ0n) is 13.9. The second-order valence-electron chi connectivity index (χ2n) is 6.87. The molecule has 3 nitrogen and oxygen atoms in total. The van der Waals surface area contributed by atoms with E-state index < -0.39 is 0 Å². The Balaban J connectivity index is 1.66. The zero-order chi connectivity index (χ0) is 16.8. The van der Waals surface area contributed by atoms with E-state index in [9.17, 15) is 4.79 Å². The van der Waals surface area contributed by atoms with Gasteiger partial charge in [-0.1, -0.05) is 48.5 Å². The quantitative estimate of drug-likeness (QED) is 0.523. The van der Waals surface area contributed by atoms with Crippen molar-refractivity contribution >= 4 is 17.1 Å². The minimum atomic E-state index is -0.135. The van der Waals surface area contributed by atoms with Gasteiger partial charge in [-0.3, -0.25) is 0 Å². The molecule has 1 heterocycles. The molecule has 1 fully saturated rings. The lowest BCUT2D eigenvalue weighted by Gasteiger charge is -2.22. The molecule has 2 aliphatic rings. The fourth-order valence-electron chi connectivity index (χ4n) is 4.20. The highest BCUT2D eigenvalue weighted by molar-refractivity contribution is 6.04. The smallest absolute Gasteiger partial charge is 0.155 e. The van der Waals surface area contributed by atoms with Gasteiger partial charge < -0.3 is 9.63 Å². The number of nitrogens with zero attached hydrogens (tertiary/aromatic N) is 1. The number of hydrogen-bond acceptors (Lipinski definition) is 3. The van der Waals surface area contributed by atoms with Gasteiger partial charge in [0.05, 0.1) is 0 Å². The second-order valence-corrected chi connectivity index (χ2v) is 6.87. The summed E-state index contributed by atoms with van der Waals surface area (Å²) < 4.78 is 0. The molecule has 3 aromatic rings. The predicted octanol–water partition coefficient (Wildman–Crippen LogP) is 4.37. The molecule has 0 saturated carbocycles. The molecule has 0 N–H and O–H groups in total. The molecule has 0 aromatic heterocycles. The average molecular weight is 329 g/mol.